The number of aromatic nitrogens is 3. The molecule has 0 spiro atoms. The van der Waals surface area contributed by atoms with Crippen molar-refractivity contribution in [2.24, 2.45) is 0 Å². The molecule has 1 N–H and O–H groups in total. The number of fused-ring (bicyclic) bond motifs is 2. The maximum atomic E-state index is 13.0. The molecular weight excluding hydrogens is 400 g/mol. The molecule has 0 aliphatic rings. The summed E-state index contributed by atoms with van der Waals surface area (Å²) in [4.78, 5) is 34.3. The lowest BCUT2D eigenvalue weighted by atomic mass is 10.1. The lowest BCUT2D eigenvalue weighted by Crippen LogP contribution is -2.26. The summed E-state index contributed by atoms with van der Waals surface area (Å²) in [5.41, 5.74) is 4.93. The number of carbonyl (C=O) groups excluding carboxylic acids is 1. The van der Waals surface area contributed by atoms with Crippen molar-refractivity contribution in [3.8, 4) is 0 Å². The predicted octanol–water partition coefficient (Wildman–Crippen LogP) is 4.39. The molecule has 4 rings (SSSR count). The number of pyridine rings is 2. The van der Waals surface area contributed by atoms with Crippen molar-refractivity contribution >= 4 is 22.5 Å². The zero-order valence-corrected chi connectivity index (χ0v) is 18.6. The van der Waals surface area contributed by atoms with Gasteiger partial charge in [-0.2, -0.15) is 0 Å². The molecule has 0 atom stereocenters. The van der Waals surface area contributed by atoms with Gasteiger partial charge in [0.05, 0.1) is 16.5 Å². The quantitative estimate of drug-likeness (QED) is 0.334. The molecule has 3 heterocycles. The number of hydrogen-bond donors (Lipinski definition) is 1. The Morgan fingerprint density at radius 2 is 1.84 bits per heavy atom. The second kappa shape index (κ2) is 9.73. The Kier molecular flexibility index (Phi) is 6.59. The SMILES string of the molecule is Cc1cc2nc3ccc(C(=O)NCCCCCCc4cccnc4)cn3c(=O)c2cc1C. The maximum Gasteiger partial charge on any atom is 0.265 e. The van der Waals surface area contributed by atoms with Gasteiger partial charge in [-0.1, -0.05) is 18.9 Å². The van der Waals surface area contributed by atoms with E-state index in [0.717, 1.165) is 43.2 Å². The van der Waals surface area contributed by atoms with Crippen molar-refractivity contribution < 1.29 is 4.79 Å². The molecule has 3 aromatic heterocycles. The van der Waals surface area contributed by atoms with E-state index in [-0.39, 0.29) is 11.5 Å². The summed E-state index contributed by atoms with van der Waals surface area (Å²) in [6, 6.07) is 11.3. The van der Waals surface area contributed by atoms with Crippen LogP contribution in [0.3, 0.4) is 0 Å². The van der Waals surface area contributed by atoms with Gasteiger partial charge in [0, 0.05) is 25.1 Å². The Hall–Kier alpha value is -3.54. The van der Waals surface area contributed by atoms with Crippen LogP contribution in [0, 0.1) is 13.8 Å². The zero-order chi connectivity index (χ0) is 22.5. The lowest BCUT2D eigenvalue weighted by Gasteiger charge is -2.09. The third-order valence-corrected chi connectivity index (χ3v) is 5.89. The third-order valence-electron chi connectivity index (χ3n) is 5.89. The number of amides is 1. The van der Waals surface area contributed by atoms with Crippen LogP contribution in [-0.4, -0.2) is 26.8 Å². The van der Waals surface area contributed by atoms with Crippen LogP contribution in [0.5, 0.6) is 0 Å². The minimum atomic E-state index is -0.172. The van der Waals surface area contributed by atoms with Crippen molar-refractivity contribution in [1.29, 1.82) is 0 Å². The molecule has 0 aliphatic heterocycles. The van der Waals surface area contributed by atoms with Crippen LogP contribution in [0.4, 0.5) is 0 Å². The standard InChI is InChI=1S/C26H28N4O2/c1-18-14-22-23(15-19(18)2)29-24-11-10-21(17-30(24)26(22)32)25(31)28-13-6-4-3-5-8-20-9-7-12-27-16-20/h7,9-12,14-17H,3-6,8,13H2,1-2H3,(H,28,31). The first-order valence-electron chi connectivity index (χ1n) is 11.1. The molecule has 0 saturated carbocycles. The zero-order valence-electron chi connectivity index (χ0n) is 18.6. The van der Waals surface area contributed by atoms with E-state index in [9.17, 15) is 9.59 Å². The predicted molar refractivity (Wildman–Crippen MR) is 127 cm³/mol. The largest absolute Gasteiger partial charge is 0.352 e. The molecule has 0 fully saturated rings. The number of nitrogens with one attached hydrogen (secondary N) is 1. The smallest absolute Gasteiger partial charge is 0.265 e. The fourth-order valence-corrected chi connectivity index (χ4v) is 3.86. The summed E-state index contributed by atoms with van der Waals surface area (Å²) in [7, 11) is 0. The number of carbonyl (C=O) groups is 1. The average Bonchev–Trinajstić information content (AvgIpc) is 2.80. The molecule has 0 saturated heterocycles. The number of nitrogens with zero attached hydrogens (tertiary/aromatic N) is 3. The van der Waals surface area contributed by atoms with Crippen molar-refractivity contribution in [3.05, 3.63) is 87.6 Å². The van der Waals surface area contributed by atoms with Gasteiger partial charge < -0.3 is 5.32 Å². The number of hydrogen-bond acceptors (Lipinski definition) is 4. The van der Waals surface area contributed by atoms with E-state index >= 15 is 0 Å². The van der Waals surface area contributed by atoms with Gasteiger partial charge in [0.25, 0.3) is 11.5 Å². The Morgan fingerprint density at radius 1 is 1.03 bits per heavy atom. The minimum Gasteiger partial charge on any atom is -0.352 e. The fraction of sp³-hybridized carbons (Fsp3) is 0.308. The molecule has 0 bridgehead atoms. The molecule has 4 aromatic rings. The first kappa shape index (κ1) is 21.7. The van der Waals surface area contributed by atoms with E-state index in [2.05, 4.69) is 21.4 Å². The Bertz CT molecular complexity index is 1310. The van der Waals surface area contributed by atoms with Crippen LogP contribution >= 0.6 is 0 Å². The first-order valence-corrected chi connectivity index (χ1v) is 11.1. The number of rotatable bonds is 8. The molecule has 164 valence electrons. The monoisotopic (exact) mass is 428 g/mol. The normalized spacial score (nSPS) is 11.2. The summed E-state index contributed by atoms with van der Waals surface area (Å²) in [6.45, 7) is 4.60. The van der Waals surface area contributed by atoms with Crippen molar-refractivity contribution in [3.63, 3.8) is 0 Å². The van der Waals surface area contributed by atoms with Gasteiger partial charge >= 0.3 is 0 Å². The molecule has 1 aromatic carbocycles. The average molecular weight is 429 g/mol. The lowest BCUT2D eigenvalue weighted by molar-refractivity contribution is 0.0952. The third kappa shape index (κ3) is 4.85. The number of aryl methyl sites for hydroxylation is 3. The van der Waals surface area contributed by atoms with Gasteiger partial charge in [-0.25, -0.2) is 4.98 Å². The second-order valence-electron chi connectivity index (χ2n) is 8.30. The van der Waals surface area contributed by atoms with Crippen LogP contribution < -0.4 is 10.9 Å². The van der Waals surface area contributed by atoms with Gasteiger partial charge in [-0.3, -0.25) is 19.0 Å². The van der Waals surface area contributed by atoms with Gasteiger partial charge in [-0.05, 0) is 80.1 Å². The van der Waals surface area contributed by atoms with Crippen LogP contribution in [0.25, 0.3) is 16.6 Å². The molecular formula is C26H28N4O2. The van der Waals surface area contributed by atoms with E-state index < -0.39 is 0 Å². The maximum absolute atomic E-state index is 13.0. The van der Waals surface area contributed by atoms with Crippen molar-refractivity contribution in [1.82, 2.24) is 19.7 Å². The second-order valence-corrected chi connectivity index (χ2v) is 8.30. The molecule has 1 amide bonds. The summed E-state index contributed by atoms with van der Waals surface area (Å²) in [6.07, 6.45) is 10.6. The highest BCUT2D eigenvalue weighted by molar-refractivity contribution is 5.94. The molecule has 32 heavy (non-hydrogen) atoms. The summed E-state index contributed by atoms with van der Waals surface area (Å²) in [5, 5.41) is 3.53. The van der Waals surface area contributed by atoms with Gasteiger partial charge in [0.15, 0.2) is 0 Å². The molecule has 0 unspecified atom stereocenters. The van der Waals surface area contributed by atoms with Gasteiger partial charge in [-0.15, -0.1) is 0 Å². The summed E-state index contributed by atoms with van der Waals surface area (Å²) >= 11 is 0. The Labute approximate surface area is 187 Å². The first-order chi connectivity index (χ1) is 15.5. The van der Waals surface area contributed by atoms with Crippen molar-refractivity contribution in [2.75, 3.05) is 6.54 Å². The van der Waals surface area contributed by atoms with Crippen LogP contribution in [-0.2, 0) is 6.42 Å². The molecule has 0 radical (unpaired) electrons. The summed E-state index contributed by atoms with van der Waals surface area (Å²) in [5.74, 6) is -0.172. The van der Waals surface area contributed by atoms with E-state index in [1.807, 2.05) is 38.2 Å². The number of unbranched alkanes of at least 4 members (excludes halogenated alkanes) is 3. The highest BCUT2D eigenvalue weighted by atomic mass is 16.1. The van der Waals surface area contributed by atoms with Gasteiger partial charge in [0.2, 0.25) is 0 Å². The minimum absolute atomic E-state index is 0.156. The molecule has 0 aliphatic carbocycles. The highest BCUT2D eigenvalue weighted by Gasteiger charge is 2.11. The van der Waals surface area contributed by atoms with Crippen LogP contribution in [0.2, 0.25) is 0 Å². The van der Waals surface area contributed by atoms with Crippen LogP contribution in [0.15, 0.2) is 59.8 Å². The van der Waals surface area contributed by atoms with E-state index in [4.69, 9.17) is 0 Å². The van der Waals surface area contributed by atoms with Gasteiger partial charge in [0.1, 0.15) is 5.65 Å². The molecule has 6 nitrogen and oxygen atoms in total. The fourth-order valence-electron chi connectivity index (χ4n) is 3.86. The topological polar surface area (TPSA) is 76.4 Å². The van der Waals surface area contributed by atoms with Crippen LogP contribution in [0.1, 0.15) is 52.7 Å². The number of benzene rings is 1. The van der Waals surface area contributed by atoms with Crippen molar-refractivity contribution in [2.45, 2.75) is 46.0 Å². The van der Waals surface area contributed by atoms with E-state index in [1.165, 1.54) is 9.96 Å². The Morgan fingerprint density at radius 3 is 2.66 bits per heavy atom. The Balaban J connectivity index is 1.34. The molecule has 6 heteroatoms. The highest BCUT2D eigenvalue weighted by Crippen LogP contribution is 2.16. The van der Waals surface area contributed by atoms with E-state index in [0.29, 0.717) is 28.7 Å². The summed E-state index contributed by atoms with van der Waals surface area (Å²) < 4.78 is 1.46. The van der Waals surface area contributed by atoms with E-state index in [1.54, 1.807) is 24.5 Å².